The second-order valence-corrected chi connectivity index (χ2v) is 6.74. The molecule has 154 valence electrons. The van der Waals surface area contributed by atoms with Crippen LogP contribution in [0.5, 0.6) is 5.75 Å². The van der Waals surface area contributed by atoms with Crippen LogP contribution in [0, 0.1) is 6.92 Å². The highest BCUT2D eigenvalue weighted by atomic mass is 16.5. The number of aliphatic hydroxyl groups is 1. The van der Waals surface area contributed by atoms with Gasteiger partial charge in [-0.3, -0.25) is 4.99 Å². The van der Waals surface area contributed by atoms with E-state index in [1.54, 1.807) is 6.92 Å². The zero-order chi connectivity index (χ0) is 20.4. The number of aliphatic hydroxyl groups excluding tert-OH is 1. The zero-order valence-corrected chi connectivity index (χ0v) is 17.1. The molecule has 0 bridgehead atoms. The Morgan fingerprint density at radius 1 is 1.32 bits per heavy atom. The Kier molecular flexibility index (Phi) is 8.74. The summed E-state index contributed by atoms with van der Waals surface area (Å²) >= 11 is 0. The highest BCUT2D eigenvalue weighted by molar-refractivity contribution is 5.79. The molecular formula is C20H31N5O3. The third-order valence-corrected chi connectivity index (χ3v) is 3.81. The summed E-state index contributed by atoms with van der Waals surface area (Å²) in [6.07, 6.45) is 0.931. The fraction of sp³-hybridized carbons (Fsp3) is 0.550. The summed E-state index contributed by atoms with van der Waals surface area (Å²) in [7, 11) is 0. The molecule has 0 aliphatic heterocycles. The number of ether oxygens (including phenoxy) is 1. The molecule has 0 saturated heterocycles. The normalized spacial score (nSPS) is 12.9. The predicted molar refractivity (Wildman–Crippen MR) is 109 cm³/mol. The maximum atomic E-state index is 10.5. The summed E-state index contributed by atoms with van der Waals surface area (Å²) in [5.41, 5.74) is 0.782. The fourth-order valence-electron chi connectivity index (χ4n) is 2.58. The number of aliphatic imine (C=N–C) groups is 1. The van der Waals surface area contributed by atoms with Crippen molar-refractivity contribution in [2.45, 2.75) is 52.7 Å². The Balaban J connectivity index is 1.84. The van der Waals surface area contributed by atoms with Crippen LogP contribution in [0.15, 0.2) is 33.8 Å². The number of benzene rings is 1. The van der Waals surface area contributed by atoms with Crippen LogP contribution >= 0.6 is 0 Å². The van der Waals surface area contributed by atoms with Crippen molar-refractivity contribution in [3.8, 4) is 5.75 Å². The zero-order valence-electron chi connectivity index (χ0n) is 17.1. The lowest BCUT2D eigenvalue weighted by Gasteiger charge is -2.15. The Labute approximate surface area is 166 Å². The van der Waals surface area contributed by atoms with Crippen molar-refractivity contribution in [3.63, 3.8) is 0 Å². The molecule has 0 amide bonds. The number of guanidine groups is 1. The first kappa shape index (κ1) is 21.7. The van der Waals surface area contributed by atoms with Gasteiger partial charge in [-0.2, -0.15) is 4.98 Å². The summed E-state index contributed by atoms with van der Waals surface area (Å²) < 4.78 is 10.8. The van der Waals surface area contributed by atoms with E-state index in [2.05, 4.69) is 25.8 Å². The van der Waals surface area contributed by atoms with Gasteiger partial charge >= 0.3 is 0 Å². The van der Waals surface area contributed by atoms with Gasteiger partial charge in [-0.1, -0.05) is 17.3 Å². The second kappa shape index (κ2) is 11.3. The van der Waals surface area contributed by atoms with Gasteiger partial charge in [0.1, 0.15) is 5.75 Å². The van der Waals surface area contributed by atoms with Crippen molar-refractivity contribution in [1.82, 2.24) is 20.8 Å². The largest absolute Gasteiger partial charge is 0.491 e. The smallest absolute Gasteiger partial charge is 0.226 e. The van der Waals surface area contributed by atoms with E-state index in [1.165, 1.54) is 0 Å². The van der Waals surface area contributed by atoms with E-state index in [1.807, 2.05) is 45.0 Å². The number of hydrogen-bond acceptors (Lipinski definition) is 6. The van der Waals surface area contributed by atoms with E-state index in [-0.39, 0.29) is 12.6 Å². The van der Waals surface area contributed by atoms with Crippen molar-refractivity contribution < 1.29 is 14.4 Å². The van der Waals surface area contributed by atoms with Crippen LogP contribution in [0.3, 0.4) is 0 Å². The minimum Gasteiger partial charge on any atom is -0.491 e. The maximum Gasteiger partial charge on any atom is 0.226 e. The molecule has 1 heterocycles. The van der Waals surface area contributed by atoms with Gasteiger partial charge < -0.3 is 25.0 Å². The third-order valence-electron chi connectivity index (χ3n) is 3.81. The molecular weight excluding hydrogens is 358 g/mol. The molecule has 0 saturated carbocycles. The molecule has 2 rings (SSSR count). The van der Waals surface area contributed by atoms with E-state index in [0.29, 0.717) is 30.6 Å². The Bertz CT molecular complexity index is 745. The molecule has 8 heteroatoms. The molecule has 0 spiro atoms. The Hall–Kier alpha value is -2.61. The van der Waals surface area contributed by atoms with Gasteiger partial charge in [-0.25, -0.2) is 0 Å². The molecule has 1 unspecified atom stereocenters. The second-order valence-electron chi connectivity index (χ2n) is 6.74. The molecule has 0 fully saturated rings. The maximum absolute atomic E-state index is 10.5. The molecule has 28 heavy (non-hydrogen) atoms. The minimum absolute atomic E-state index is 0.0889. The van der Waals surface area contributed by atoms with Crippen LogP contribution in [-0.4, -0.2) is 46.9 Å². The number of aromatic nitrogens is 2. The Morgan fingerprint density at radius 3 is 2.82 bits per heavy atom. The number of hydrogen-bond donors (Lipinski definition) is 3. The molecule has 3 N–H and O–H groups in total. The minimum atomic E-state index is -0.701. The summed E-state index contributed by atoms with van der Waals surface area (Å²) in [6.45, 7) is 9.45. The molecule has 0 aliphatic rings. The van der Waals surface area contributed by atoms with Crippen molar-refractivity contribution in [1.29, 1.82) is 0 Å². The number of nitrogens with one attached hydrogen (secondary N) is 2. The van der Waals surface area contributed by atoms with Crippen molar-refractivity contribution >= 4 is 5.96 Å². The van der Waals surface area contributed by atoms with E-state index in [0.717, 1.165) is 24.3 Å². The number of nitrogens with zero attached hydrogens (tertiary/aromatic N) is 3. The van der Waals surface area contributed by atoms with Gasteiger partial charge in [-0.15, -0.1) is 0 Å². The van der Waals surface area contributed by atoms with Crippen LogP contribution in [0.2, 0.25) is 0 Å². The predicted octanol–water partition coefficient (Wildman–Crippen LogP) is 2.39. The standard InChI is InChI=1S/C20H31N5O3/c1-5-21-20(22-11-7-10-19-24-15(4)25-28-19)23-13-18(26)16-8-6-9-17(12-16)27-14(2)3/h6,8-9,12,14,18,26H,5,7,10-11,13H2,1-4H3,(H2,21,22,23). The summed E-state index contributed by atoms with van der Waals surface area (Å²) in [5.74, 6) is 2.70. The lowest BCUT2D eigenvalue weighted by atomic mass is 10.1. The molecule has 1 aromatic heterocycles. The van der Waals surface area contributed by atoms with Crippen molar-refractivity contribution in [2.75, 3.05) is 19.6 Å². The molecule has 0 radical (unpaired) electrons. The fourth-order valence-corrected chi connectivity index (χ4v) is 2.58. The first-order valence-electron chi connectivity index (χ1n) is 9.74. The Morgan fingerprint density at radius 2 is 2.14 bits per heavy atom. The van der Waals surface area contributed by atoms with Gasteiger partial charge in [0.15, 0.2) is 11.8 Å². The van der Waals surface area contributed by atoms with Gasteiger partial charge in [-0.05, 0) is 51.8 Å². The van der Waals surface area contributed by atoms with Gasteiger partial charge in [0.05, 0.1) is 18.8 Å². The molecule has 1 aromatic carbocycles. The number of aryl methyl sites for hydroxylation is 2. The van der Waals surface area contributed by atoms with Crippen LogP contribution in [-0.2, 0) is 6.42 Å². The topological polar surface area (TPSA) is 105 Å². The molecule has 2 aromatic rings. The van der Waals surface area contributed by atoms with Crippen LogP contribution in [0.4, 0.5) is 0 Å². The molecule has 1 atom stereocenters. The van der Waals surface area contributed by atoms with Crippen LogP contribution in [0.25, 0.3) is 0 Å². The number of rotatable bonds is 10. The van der Waals surface area contributed by atoms with E-state index in [4.69, 9.17) is 9.26 Å². The van der Waals surface area contributed by atoms with Crippen molar-refractivity contribution in [3.05, 3.63) is 41.5 Å². The monoisotopic (exact) mass is 389 g/mol. The highest BCUT2D eigenvalue weighted by Crippen LogP contribution is 2.20. The SMILES string of the molecule is CCNC(=NCC(O)c1cccc(OC(C)C)c1)NCCCc1nc(C)no1. The molecule has 0 aliphatic carbocycles. The van der Waals surface area contributed by atoms with Gasteiger partial charge in [0.2, 0.25) is 5.89 Å². The first-order chi connectivity index (χ1) is 13.5. The third kappa shape index (κ3) is 7.56. The van der Waals surface area contributed by atoms with E-state index in [9.17, 15) is 5.11 Å². The van der Waals surface area contributed by atoms with Gasteiger partial charge in [0.25, 0.3) is 0 Å². The molecule has 8 nitrogen and oxygen atoms in total. The quantitative estimate of drug-likeness (QED) is 0.325. The van der Waals surface area contributed by atoms with Crippen LogP contribution in [0.1, 0.15) is 50.6 Å². The lowest BCUT2D eigenvalue weighted by molar-refractivity contribution is 0.185. The highest BCUT2D eigenvalue weighted by Gasteiger charge is 2.10. The summed E-state index contributed by atoms with van der Waals surface area (Å²) in [6, 6.07) is 7.49. The van der Waals surface area contributed by atoms with E-state index >= 15 is 0 Å². The summed E-state index contributed by atoms with van der Waals surface area (Å²) in [5, 5.41) is 20.7. The first-order valence-corrected chi connectivity index (χ1v) is 9.74. The van der Waals surface area contributed by atoms with E-state index < -0.39 is 6.10 Å². The summed E-state index contributed by atoms with van der Waals surface area (Å²) in [4.78, 5) is 8.67. The van der Waals surface area contributed by atoms with Crippen molar-refractivity contribution in [2.24, 2.45) is 4.99 Å². The average Bonchev–Trinajstić information content (AvgIpc) is 3.07. The van der Waals surface area contributed by atoms with Crippen LogP contribution < -0.4 is 15.4 Å². The van der Waals surface area contributed by atoms with Gasteiger partial charge in [0, 0.05) is 19.5 Å². The average molecular weight is 390 g/mol. The lowest BCUT2D eigenvalue weighted by Crippen LogP contribution is -2.38.